The molecule has 2 rings (SSSR count). The molecule has 0 aromatic rings. The van der Waals surface area contributed by atoms with E-state index in [9.17, 15) is 10.2 Å². The Hall–Kier alpha value is -2.68. The smallest absolute Gasteiger partial charge is 0.0585 e. The predicted molar refractivity (Wildman–Crippen MR) is 184 cm³/mol. The summed E-state index contributed by atoms with van der Waals surface area (Å²) in [7, 11) is 0. The summed E-state index contributed by atoms with van der Waals surface area (Å²) in [5, 5.41) is 20.2. The first-order chi connectivity index (χ1) is 19.6. The van der Waals surface area contributed by atoms with Crippen LogP contribution in [0.5, 0.6) is 0 Å². The average molecular weight is 571 g/mol. The van der Waals surface area contributed by atoms with Crippen LogP contribution in [0.25, 0.3) is 0 Å². The van der Waals surface area contributed by atoms with E-state index in [1.165, 1.54) is 44.6 Å². The molecule has 0 aromatic heterocycles. The molecule has 0 aromatic carbocycles. The Morgan fingerprint density at radius 2 is 1.14 bits per heavy atom. The largest absolute Gasteiger partial charge is 0.393 e. The monoisotopic (exact) mass is 570 g/mol. The molecule has 0 bridgehead atoms. The van der Waals surface area contributed by atoms with Crippen molar-refractivity contribution in [2.24, 2.45) is 10.8 Å². The number of aliphatic hydroxyl groups excluding tert-OH is 2. The average Bonchev–Trinajstić information content (AvgIpc) is 2.84. The molecule has 0 unspecified atom stereocenters. The van der Waals surface area contributed by atoms with Gasteiger partial charge in [0, 0.05) is 0 Å². The van der Waals surface area contributed by atoms with Gasteiger partial charge in [-0.3, -0.25) is 0 Å². The highest BCUT2D eigenvalue weighted by Gasteiger charge is 2.32. The lowest BCUT2D eigenvalue weighted by molar-refractivity contribution is 0.113. The first-order valence-corrected chi connectivity index (χ1v) is 15.7. The van der Waals surface area contributed by atoms with Crippen molar-refractivity contribution in [3.8, 4) is 0 Å². The molecule has 0 saturated heterocycles. The summed E-state index contributed by atoms with van der Waals surface area (Å²) >= 11 is 0. The van der Waals surface area contributed by atoms with Crippen molar-refractivity contribution in [3.05, 3.63) is 117 Å². The number of allylic oxidation sites excluding steroid dienone is 18. The highest BCUT2D eigenvalue weighted by atomic mass is 16.3. The van der Waals surface area contributed by atoms with E-state index in [1.807, 2.05) is 0 Å². The molecule has 0 amide bonds. The second-order valence-corrected chi connectivity index (χ2v) is 14.0. The molecule has 2 atom stereocenters. The van der Waals surface area contributed by atoms with Crippen LogP contribution in [0.15, 0.2) is 117 Å². The van der Waals surface area contributed by atoms with E-state index in [0.717, 1.165) is 38.5 Å². The third-order valence-electron chi connectivity index (χ3n) is 8.67. The zero-order chi connectivity index (χ0) is 31.5. The fourth-order valence-corrected chi connectivity index (χ4v) is 6.49. The fourth-order valence-electron chi connectivity index (χ4n) is 6.49. The Morgan fingerprint density at radius 1 is 0.667 bits per heavy atom. The van der Waals surface area contributed by atoms with Crippen LogP contribution in [0.3, 0.4) is 0 Å². The summed E-state index contributed by atoms with van der Waals surface area (Å²) < 4.78 is 0. The van der Waals surface area contributed by atoms with Crippen LogP contribution in [0, 0.1) is 10.8 Å². The van der Waals surface area contributed by atoms with Crippen molar-refractivity contribution in [3.63, 3.8) is 0 Å². The minimum absolute atomic E-state index is 0.00810. The van der Waals surface area contributed by atoms with E-state index < -0.39 is 0 Å². The van der Waals surface area contributed by atoms with E-state index in [2.05, 4.69) is 142 Å². The van der Waals surface area contributed by atoms with E-state index in [-0.39, 0.29) is 23.0 Å². The van der Waals surface area contributed by atoms with E-state index in [4.69, 9.17) is 0 Å². The van der Waals surface area contributed by atoms with Crippen LogP contribution >= 0.6 is 0 Å². The molecule has 0 heterocycles. The minimum Gasteiger partial charge on any atom is -0.393 e. The second-order valence-electron chi connectivity index (χ2n) is 14.0. The molecule has 0 radical (unpaired) electrons. The van der Waals surface area contributed by atoms with Crippen molar-refractivity contribution in [1.82, 2.24) is 0 Å². The zero-order valence-corrected chi connectivity index (χ0v) is 28.2. The molecular weight excluding hydrogens is 512 g/mol. The SMILES string of the molecule is CC1=C(/C=C/C(C)=C/C=C/C(C)=C/C=C/C=C(C)/C=C/C=C(\C)CCC2=C(C)C[C@@H](O)CC2(C)C)C(C)(C)C[C@H](O)C1. The van der Waals surface area contributed by atoms with Gasteiger partial charge in [0.25, 0.3) is 0 Å². The van der Waals surface area contributed by atoms with Crippen molar-refractivity contribution in [2.45, 2.75) is 120 Å². The van der Waals surface area contributed by atoms with Gasteiger partial charge in [0.05, 0.1) is 12.2 Å². The van der Waals surface area contributed by atoms with Gasteiger partial charge in [0.15, 0.2) is 0 Å². The molecule has 230 valence electrons. The summed E-state index contributed by atoms with van der Waals surface area (Å²) in [6.07, 6.45) is 30.7. The van der Waals surface area contributed by atoms with Crippen LogP contribution in [-0.2, 0) is 0 Å². The van der Waals surface area contributed by atoms with Crippen molar-refractivity contribution >= 4 is 0 Å². The number of hydrogen-bond acceptors (Lipinski definition) is 2. The Morgan fingerprint density at radius 3 is 1.69 bits per heavy atom. The van der Waals surface area contributed by atoms with E-state index >= 15 is 0 Å². The van der Waals surface area contributed by atoms with Crippen molar-refractivity contribution in [2.75, 3.05) is 0 Å². The van der Waals surface area contributed by atoms with Crippen LogP contribution < -0.4 is 0 Å². The number of hydrogen-bond donors (Lipinski definition) is 2. The molecule has 2 aliphatic carbocycles. The molecule has 2 N–H and O–H groups in total. The quantitative estimate of drug-likeness (QED) is 0.192. The Bertz CT molecular complexity index is 1240. The molecule has 0 aliphatic heterocycles. The maximum absolute atomic E-state index is 10.1. The van der Waals surface area contributed by atoms with Crippen LogP contribution in [0.4, 0.5) is 0 Å². The van der Waals surface area contributed by atoms with Crippen LogP contribution in [0.2, 0.25) is 0 Å². The molecule has 0 saturated carbocycles. The summed E-state index contributed by atoms with van der Waals surface area (Å²) in [6.45, 7) is 21.9. The maximum Gasteiger partial charge on any atom is 0.0585 e. The fraction of sp³-hybridized carbons (Fsp3) is 0.500. The Kier molecular flexibility index (Phi) is 13.7. The first-order valence-electron chi connectivity index (χ1n) is 15.7. The topological polar surface area (TPSA) is 40.5 Å². The zero-order valence-electron chi connectivity index (χ0n) is 28.2. The van der Waals surface area contributed by atoms with Gasteiger partial charge in [-0.2, -0.15) is 0 Å². The molecule has 2 aliphatic rings. The standard InChI is InChI=1S/C40H58O2/c1-29(17-13-19-31(3)21-23-37-33(5)25-35(41)27-39(37,7)8)15-11-12-16-30(2)18-14-20-32(4)22-24-38-34(6)26-36(42)28-40(38,9)10/h11-21,23,35-36,41-42H,22,24-28H2,1-10H3/b12-11+,17-13+,18-14+,23-21+,29-15+,30-16+,31-19+,32-20+/t35-,36-/m1/s1. The van der Waals surface area contributed by atoms with Crippen molar-refractivity contribution in [1.29, 1.82) is 0 Å². The lowest BCUT2D eigenvalue weighted by atomic mass is 9.70. The number of rotatable bonds is 11. The Balaban J connectivity index is 1.86. The summed E-state index contributed by atoms with van der Waals surface area (Å²) in [5.74, 6) is 0. The van der Waals surface area contributed by atoms with E-state index in [0.29, 0.717) is 0 Å². The molecule has 2 heteroatoms. The predicted octanol–water partition coefficient (Wildman–Crippen LogP) is 10.8. The minimum atomic E-state index is -0.224. The molecular formula is C40H58O2. The molecule has 2 nitrogen and oxygen atoms in total. The van der Waals surface area contributed by atoms with Gasteiger partial charge < -0.3 is 10.2 Å². The lowest BCUT2D eigenvalue weighted by Crippen LogP contribution is -2.29. The maximum atomic E-state index is 10.1. The van der Waals surface area contributed by atoms with Gasteiger partial charge in [-0.1, -0.05) is 140 Å². The molecule has 0 spiro atoms. The summed E-state index contributed by atoms with van der Waals surface area (Å²) in [4.78, 5) is 0. The Labute approximate surface area is 258 Å². The van der Waals surface area contributed by atoms with Gasteiger partial charge in [-0.15, -0.1) is 0 Å². The highest BCUT2D eigenvalue weighted by Crippen LogP contribution is 2.43. The first kappa shape index (κ1) is 35.5. The van der Waals surface area contributed by atoms with Gasteiger partial charge in [0.1, 0.15) is 0 Å². The van der Waals surface area contributed by atoms with Gasteiger partial charge in [0.2, 0.25) is 0 Å². The van der Waals surface area contributed by atoms with Crippen LogP contribution in [0.1, 0.15) is 108 Å². The van der Waals surface area contributed by atoms with E-state index in [1.54, 1.807) is 0 Å². The third kappa shape index (κ3) is 11.9. The number of aliphatic hydroxyl groups is 2. The van der Waals surface area contributed by atoms with Crippen molar-refractivity contribution < 1.29 is 10.2 Å². The van der Waals surface area contributed by atoms with Crippen LogP contribution in [-0.4, -0.2) is 22.4 Å². The molecule has 42 heavy (non-hydrogen) atoms. The summed E-state index contributed by atoms with van der Waals surface area (Å²) in [6, 6.07) is 0. The second kappa shape index (κ2) is 16.2. The van der Waals surface area contributed by atoms with Gasteiger partial charge >= 0.3 is 0 Å². The normalized spacial score (nSPS) is 24.9. The van der Waals surface area contributed by atoms with Gasteiger partial charge in [-0.25, -0.2) is 0 Å². The van der Waals surface area contributed by atoms with Gasteiger partial charge in [-0.05, 0) is 96.5 Å². The lowest BCUT2D eigenvalue weighted by Gasteiger charge is -2.37. The highest BCUT2D eigenvalue weighted by molar-refractivity contribution is 5.38. The summed E-state index contributed by atoms with van der Waals surface area (Å²) in [5.41, 5.74) is 10.6. The third-order valence-corrected chi connectivity index (χ3v) is 8.67. The molecule has 0 fully saturated rings.